The minimum absolute atomic E-state index is 0.593. The van der Waals surface area contributed by atoms with E-state index in [0.29, 0.717) is 22.4 Å². The lowest BCUT2D eigenvalue weighted by Gasteiger charge is -2.02. The summed E-state index contributed by atoms with van der Waals surface area (Å²) >= 11 is 11.8. The summed E-state index contributed by atoms with van der Waals surface area (Å²) in [6.45, 7) is 2.42. The van der Waals surface area contributed by atoms with Gasteiger partial charge in [0.15, 0.2) is 0 Å². The van der Waals surface area contributed by atoms with E-state index in [1.807, 2.05) is 12.1 Å². The summed E-state index contributed by atoms with van der Waals surface area (Å²) in [6, 6.07) is 5.46. The summed E-state index contributed by atoms with van der Waals surface area (Å²) in [5.74, 6) is 0.593. The van der Waals surface area contributed by atoms with E-state index in [4.69, 9.17) is 28.9 Å². The third-order valence-corrected chi connectivity index (χ3v) is 2.34. The van der Waals surface area contributed by atoms with Crippen molar-refractivity contribution in [2.24, 2.45) is 10.7 Å². The minimum atomic E-state index is 0.593. The largest absolute Gasteiger partial charge is 0.388 e. The molecule has 0 atom stereocenters. The summed E-state index contributed by atoms with van der Waals surface area (Å²) in [5.41, 5.74) is 6.46. The SMILES string of the molecule is CC(N)=NCCc1ccc(Cl)cc1Cl. The molecule has 2 N–H and O–H groups in total. The van der Waals surface area contributed by atoms with Crippen LogP contribution in [0.3, 0.4) is 0 Å². The number of nitrogens with two attached hydrogens (primary N) is 1. The van der Waals surface area contributed by atoms with Crippen LogP contribution in [-0.2, 0) is 6.42 Å². The lowest BCUT2D eigenvalue weighted by Crippen LogP contribution is -2.06. The zero-order chi connectivity index (χ0) is 10.6. The van der Waals surface area contributed by atoms with Gasteiger partial charge in [0.05, 0.1) is 5.84 Å². The molecule has 2 nitrogen and oxygen atoms in total. The number of hydrogen-bond donors (Lipinski definition) is 1. The van der Waals surface area contributed by atoms with Gasteiger partial charge >= 0.3 is 0 Å². The summed E-state index contributed by atoms with van der Waals surface area (Å²) < 4.78 is 0. The van der Waals surface area contributed by atoms with Gasteiger partial charge in [0.25, 0.3) is 0 Å². The van der Waals surface area contributed by atoms with E-state index in [2.05, 4.69) is 4.99 Å². The summed E-state index contributed by atoms with van der Waals surface area (Å²) in [7, 11) is 0. The predicted octanol–water partition coefficient (Wildman–Crippen LogP) is 2.91. The summed E-state index contributed by atoms with van der Waals surface area (Å²) in [5, 5.41) is 1.33. The third kappa shape index (κ3) is 3.56. The van der Waals surface area contributed by atoms with Gasteiger partial charge < -0.3 is 5.73 Å². The molecule has 0 aliphatic carbocycles. The average Bonchev–Trinajstić information content (AvgIpc) is 2.08. The van der Waals surface area contributed by atoms with Crippen LogP contribution in [0.5, 0.6) is 0 Å². The molecule has 1 aromatic rings. The van der Waals surface area contributed by atoms with Crippen LogP contribution in [-0.4, -0.2) is 12.4 Å². The van der Waals surface area contributed by atoms with Crippen LogP contribution in [0.25, 0.3) is 0 Å². The Morgan fingerprint density at radius 3 is 2.71 bits per heavy atom. The maximum atomic E-state index is 5.98. The Morgan fingerprint density at radius 1 is 1.43 bits per heavy atom. The van der Waals surface area contributed by atoms with E-state index in [9.17, 15) is 0 Å². The molecule has 0 saturated heterocycles. The van der Waals surface area contributed by atoms with E-state index >= 15 is 0 Å². The first-order chi connectivity index (χ1) is 6.59. The quantitative estimate of drug-likeness (QED) is 0.630. The highest BCUT2D eigenvalue weighted by Crippen LogP contribution is 2.21. The van der Waals surface area contributed by atoms with Gasteiger partial charge in [0.1, 0.15) is 0 Å². The number of nitrogens with zero attached hydrogens (tertiary/aromatic N) is 1. The van der Waals surface area contributed by atoms with Gasteiger partial charge in [-0.2, -0.15) is 0 Å². The Hall–Kier alpha value is -0.730. The first-order valence-electron chi connectivity index (χ1n) is 4.30. The van der Waals surface area contributed by atoms with E-state index in [1.165, 1.54) is 0 Å². The summed E-state index contributed by atoms with van der Waals surface area (Å²) in [6.07, 6.45) is 0.782. The summed E-state index contributed by atoms with van der Waals surface area (Å²) in [4.78, 5) is 4.09. The fourth-order valence-corrected chi connectivity index (χ4v) is 1.58. The van der Waals surface area contributed by atoms with Crippen molar-refractivity contribution in [1.82, 2.24) is 0 Å². The van der Waals surface area contributed by atoms with Crippen LogP contribution >= 0.6 is 23.2 Å². The van der Waals surface area contributed by atoms with Gasteiger partial charge in [-0.3, -0.25) is 4.99 Å². The highest BCUT2D eigenvalue weighted by atomic mass is 35.5. The Bertz CT molecular complexity index is 344. The second-order valence-electron chi connectivity index (χ2n) is 3.01. The highest BCUT2D eigenvalue weighted by molar-refractivity contribution is 6.35. The smallest absolute Gasteiger partial charge is 0.0905 e. The molecule has 0 aliphatic heterocycles. The number of hydrogen-bond acceptors (Lipinski definition) is 1. The molecule has 4 heteroatoms. The predicted molar refractivity (Wildman–Crippen MR) is 62.3 cm³/mol. The molecule has 0 spiro atoms. The number of aliphatic imine (C=N–C) groups is 1. The monoisotopic (exact) mass is 230 g/mol. The molecule has 0 unspecified atom stereocenters. The first kappa shape index (κ1) is 11.3. The van der Waals surface area contributed by atoms with Crippen molar-refractivity contribution in [2.75, 3.05) is 6.54 Å². The van der Waals surface area contributed by atoms with Crippen molar-refractivity contribution in [3.05, 3.63) is 33.8 Å². The molecule has 0 bridgehead atoms. The molecule has 14 heavy (non-hydrogen) atoms. The molecule has 0 fully saturated rings. The normalized spacial score (nSPS) is 11.8. The molecular formula is C10H12Cl2N2. The molecular weight excluding hydrogens is 219 g/mol. The molecule has 0 heterocycles. The van der Waals surface area contributed by atoms with Crippen LogP contribution < -0.4 is 5.73 Å². The van der Waals surface area contributed by atoms with Crippen LogP contribution in [0.4, 0.5) is 0 Å². The Kier molecular flexibility index (Phi) is 4.23. The highest BCUT2D eigenvalue weighted by Gasteiger charge is 2.00. The second kappa shape index (κ2) is 5.23. The average molecular weight is 231 g/mol. The number of rotatable bonds is 3. The second-order valence-corrected chi connectivity index (χ2v) is 3.85. The van der Waals surface area contributed by atoms with E-state index in [0.717, 1.165) is 12.0 Å². The maximum absolute atomic E-state index is 5.98. The molecule has 0 amide bonds. The third-order valence-electron chi connectivity index (χ3n) is 1.76. The zero-order valence-corrected chi connectivity index (χ0v) is 9.44. The zero-order valence-electron chi connectivity index (χ0n) is 7.93. The molecule has 0 radical (unpaired) electrons. The Morgan fingerprint density at radius 2 is 2.14 bits per heavy atom. The number of halogens is 2. The van der Waals surface area contributed by atoms with Crippen molar-refractivity contribution in [2.45, 2.75) is 13.3 Å². The standard InChI is InChI=1S/C10H12Cl2N2/c1-7(13)14-5-4-8-2-3-9(11)6-10(8)12/h2-3,6H,4-5H2,1H3,(H2,13,14). The van der Waals surface area contributed by atoms with Gasteiger partial charge in [0.2, 0.25) is 0 Å². The Labute approximate surface area is 93.7 Å². The van der Waals surface area contributed by atoms with Crippen molar-refractivity contribution in [3.8, 4) is 0 Å². The van der Waals surface area contributed by atoms with Gasteiger partial charge in [-0.05, 0) is 31.0 Å². The fraction of sp³-hybridized carbons (Fsp3) is 0.300. The van der Waals surface area contributed by atoms with E-state index < -0.39 is 0 Å². The topological polar surface area (TPSA) is 38.4 Å². The van der Waals surface area contributed by atoms with Crippen molar-refractivity contribution in [3.63, 3.8) is 0 Å². The molecule has 1 rings (SSSR count). The molecule has 76 valence electrons. The minimum Gasteiger partial charge on any atom is -0.388 e. The molecule has 0 aliphatic rings. The lowest BCUT2D eigenvalue weighted by atomic mass is 10.1. The Balaban J connectivity index is 2.64. The molecule has 0 aromatic heterocycles. The van der Waals surface area contributed by atoms with Crippen molar-refractivity contribution in [1.29, 1.82) is 0 Å². The number of benzene rings is 1. The van der Waals surface area contributed by atoms with Crippen LogP contribution in [0.2, 0.25) is 10.0 Å². The number of amidine groups is 1. The fourth-order valence-electron chi connectivity index (χ4n) is 1.08. The maximum Gasteiger partial charge on any atom is 0.0905 e. The van der Waals surface area contributed by atoms with E-state index in [-0.39, 0.29) is 0 Å². The van der Waals surface area contributed by atoms with E-state index in [1.54, 1.807) is 13.0 Å². The van der Waals surface area contributed by atoms with Gasteiger partial charge in [-0.1, -0.05) is 29.3 Å². The van der Waals surface area contributed by atoms with Crippen molar-refractivity contribution < 1.29 is 0 Å². The molecule has 1 aromatic carbocycles. The van der Waals surface area contributed by atoms with Gasteiger partial charge in [-0.25, -0.2) is 0 Å². The van der Waals surface area contributed by atoms with Gasteiger partial charge in [0, 0.05) is 16.6 Å². The van der Waals surface area contributed by atoms with Crippen molar-refractivity contribution >= 4 is 29.0 Å². The lowest BCUT2D eigenvalue weighted by molar-refractivity contribution is 0.964. The van der Waals surface area contributed by atoms with Crippen LogP contribution in [0, 0.1) is 0 Å². The van der Waals surface area contributed by atoms with Crippen LogP contribution in [0.1, 0.15) is 12.5 Å². The first-order valence-corrected chi connectivity index (χ1v) is 5.05. The molecule has 0 saturated carbocycles. The van der Waals surface area contributed by atoms with Gasteiger partial charge in [-0.15, -0.1) is 0 Å². The van der Waals surface area contributed by atoms with Crippen LogP contribution in [0.15, 0.2) is 23.2 Å².